The van der Waals surface area contributed by atoms with Gasteiger partial charge in [0.25, 0.3) is 0 Å². The van der Waals surface area contributed by atoms with Crippen LogP contribution in [0.25, 0.3) is 0 Å². The number of nitrogens with zero attached hydrogens (tertiary/aromatic N) is 2. The van der Waals surface area contributed by atoms with Crippen molar-refractivity contribution in [3.8, 4) is 0 Å². The van der Waals surface area contributed by atoms with Gasteiger partial charge in [-0.05, 0) is 54.5 Å². The van der Waals surface area contributed by atoms with Crippen LogP contribution in [0.4, 0.5) is 4.79 Å². The van der Waals surface area contributed by atoms with Crippen molar-refractivity contribution in [3.05, 3.63) is 23.8 Å². The van der Waals surface area contributed by atoms with Crippen molar-refractivity contribution < 1.29 is 9.53 Å². The summed E-state index contributed by atoms with van der Waals surface area (Å²) < 4.78 is 5.23. The van der Waals surface area contributed by atoms with Gasteiger partial charge >= 0.3 is 6.09 Å². The summed E-state index contributed by atoms with van der Waals surface area (Å²) in [6.07, 6.45) is 3.83. The van der Waals surface area contributed by atoms with Gasteiger partial charge < -0.3 is 15.4 Å². The summed E-state index contributed by atoms with van der Waals surface area (Å²) in [5, 5.41) is 6.23. The molecule has 0 bridgehead atoms. The molecule has 2 unspecified atom stereocenters. The topological polar surface area (TPSA) is 76.1 Å². The Balaban J connectivity index is 2.32. The predicted molar refractivity (Wildman–Crippen MR) is 86.6 cm³/mol. The van der Waals surface area contributed by atoms with Crippen molar-refractivity contribution in [2.45, 2.75) is 65.6 Å². The second kappa shape index (κ2) is 8.08. The molecule has 0 aliphatic carbocycles. The van der Waals surface area contributed by atoms with E-state index in [0.29, 0.717) is 0 Å². The standard InChI is InChI=1S/C16H28N4O2/c1-11(20-15(21)22-16(4,5)6)7-8-17-12(2)14-13(3)18-9-10-19-14/h9-12,17H,7-8H2,1-6H3,(H,20,21). The fourth-order valence-corrected chi connectivity index (χ4v) is 2.04. The summed E-state index contributed by atoms with van der Waals surface area (Å²) in [7, 11) is 0. The molecule has 1 amide bonds. The highest BCUT2D eigenvalue weighted by Crippen LogP contribution is 2.11. The van der Waals surface area contributed by atoms with E-state index in [0.717, 1.165) is 24.4 Å². The third-order valence-electron chi connectivity index (χ3n) is 3.12. The first-order valence-electron chi connectivity index (χ1n) is 7.69. The van der Waals surface area contributed by atoms with E-state index in [1.165, 1.54) is 0 Å². The molecular weight excluding hydrogens is 280 g/mol. The number of amides is 1. The van der Waals surface area contributed by atoms with Gasteiger partial charge in [-0.25, -0.2) is 4.79 Å². The van der Waals surface area contributed by atoms with E-state index < -0.39 is 5.60 Å². The van der Waals surface area contributed by atoms with E-state index in [1.807, 2.05) is 34.6 Å². The number of aromatic nitrogens is 2. The van der Waals surface area contributed by atoms with Crippen LogP contribution in [0.2, 0.25) is 0 Å². The molecule has 0 saturated carbocycles. The first-order valence-corrected chi connectivity index (χ1v) is 7.69. The summed E-state index contributed by atoms with van der Waals surface area (Å²) in [4.78, 5) is 20.3. The SMILES string of the molecule is Cc1nccnc1C(C)NCCC(C)NC(=O)OC(C)(C)C. The maximum absolute atomic E-state index is 11.7. The largest absolute Gasteiger partial charge is 0.444 e. The Morgan fingerprint density at radius 3 is 2.50 bits per heavy atom. The second-order valence-corrected chi connectivity index (χ2v) is 6.54. The van der Waals surface area contributed by atoms with Crippen LogP contribution in [0.1, 0.15) is 58.5 Å². The van der Waals surface area contributed by atoms with Gasteiger partial charge in [0.2, 0.25) is 0 Å². The first kappa shape index (κ1) is 18.4. The number of hydrogen-bond acceptors (Lipinski definition) is 5. The average molecular weight is 308 g/mol. The van der Waals surface area contributed by atoms with Crippen LogP contribution in [-0.4, -0.2) is 34.2 Å². The van der Waals surface area contributed by atoms with Crippen molar-refractivity contribution in [2.75, 3.05) is 6.54 Å². The molecule has 2 N–H and O–H groups in total. The number of aryl methyl sites for hydroxylation is 1. The Bertz CT molecular complexity index is 485. The minimum Gasteiger partial charge on any atom is -0.444 e. The van der Waals surface area contributed by atoms with Crippen LogP contribution in [0.3, 0.4) is 0 Å². The van der Waals surface area contributed by atoms with E-state index >= 15 is 0 Å². The van der Waals surface area contributed by atoms with Crippen LogP contribution in [-0.2, 0) is 4.74 Å². The second-order valence-electron chi connectivity index (χ2n) is 6.54. The van der Waals surface area contributed by atoms with E-state index in [2.05, 4.69) is 27.5 Å². The molecule has 0 aliphatic heterocycles. The van der Waals surface area contributed by atoms with Crippen LogP contribution < -0.4 is 10.6 Å². The van der Waals surface area contributed by atoms with Gasteiger partial charge in [-0.2, -0.15) is 0 Å². The number of hydrogen-bond donors (Lipinski definition) is 2. The van der Waals surface area contributed by atoms with Crippen molar-refractivity contribution in [1.29, 1.82) is 0 Å². The predicted octanol–water partition coefficient (Wildman–Crippen LogP) is 2.74. The van der Waals surface area contributed by atoms with Crippen molar-refractivity contribution in [3.63, 3.8) is 0 Å². The van der Waals surface area contributed by atoms with Crippen LogP contribution in [0, 0.1) is 6.92 Å². The highest BCUT2D eigenvalue weighted by molar-refractivity contribution is 5.67. The maximum Gasteiger partial charge on any atom is 0.407 e. The van der Waals surface area contributed by atoms with Crippen LogP contribution in [0.15, 0.2) is 12.4 Å². The highest BCUT2D eigenvalue weighted by Gasteiger charge is 2.17. The molecule has 1 heterocycles. The number of nitrogens with one attached hydrogen (secondary N) is 2. The van der Waals surface area contributed by atoms with Crippen molar-refractivity contribution >= 4 is 6.09 Å². The van der Waals surface area contributed by atoms with Gasteiger partial charge in [-0.15, -0.1) is 0 Å². The third-order valence-corrected chi connectivity index (χ3v) is 3.12. The minimum atomic E-state index is -0.472. The summed E-state index contributed by atoms with van der Waals surface area (Å²) in [6.45, 7) is 12.3. The lowest BCUT2D eigenvalue weighted by Crippen LogP contribution is -2.39. The molecule has 1 aromatic rings. The zero-order chi connectivity index (χ0) is 16.8. The first-order chi connectivity index (χ1) is 10.2. The molecular formula is C16H28N4O2. The van der Waals surface area contributed by atoms with Gasteiger partial charge in [0.05, 0.1) is 11.4 Å². The Labute approximate surface area is 133 Å². The number of ether oxygens (including phenoxy) is 1. The van der Waals surface area contributed by atoms with Gasteiger partial charge in [-0.1, -0.05) is 0 Å². The molecule has 1 rings (SSSR count). The molecule has 0 spiro atoms. The van der Waals surface area contributed by atoms with Gasteiger partial charge in [0.1, 0.15) is 5.60 Å². The maximum atomic E-state index is 11.7. The zero-order valence-electron chi connectivity index (χ0n) is 14.4. The summed E-state index contributed by atoms with van der Waals surface area (Å²) in [5.41, 5.74) is 1.41. The van der Waals surface area contributed by atoms with Gasteiger partial charge in [-0.3, -0.25) is 9.97 Å². The van der Waals surface area contributed by atoms with E-state index in [9.17, 15) is 4.79 Å². The van der Waals surface area contributed by atoms with E-state index in [-0.39, 0.29) is 18.2 Å². The number of alkyl carbamates (subject to hydrolysis) is 1. The molecule has 0 fully saturated rings. The zero-order valence-corrected chi connectivity index (χ0v) is 14.4. The number of carbonyl (C=O) groups is 1. The number of rotatable bonds is 6. The molecule has 6 nitrogen and oxygen atoms in total. The number of carbonyl (C=O) groups excluding carboxylic acids is 1. The Kier molecular flexibility index (Phi) is 6.74. The molecule has 1 aromatic heterocycles. The van der Waals surface area contributed by atoms with Crippen molar-refractivity contribution in [2.24, 2.45) is 0 Å². The van der Waals surface area contributed by atoms with Crippen LogP contribution in [0.5, 0.6) is 0 Å². The lowest BCUT2D eigenvalue weighted by Gasteiger charge is -2.22. The molecule has 0 saturated heterocycles. The van der Waals surface area contributed by atoms with Crippen LogP contribution >= 0.6 is 0 Å². The van der Waals surface area contributed by atoms with Gasteiger partial charge in [0, 0.05) is 24.5 Å². The van der Waals surface area contributed by atoms with Gasteiger partial charge in [0.15, 0.2) is 0 Å². The quantitative estimate of drug-likeness (QED) is 0.845. The molecule has 0 aromatic carbocycles. The third kappa shape index (κ3) is 6.85. The molecule has 6 heteroatoms. The summed E-state index contributed by atoms with van der Waals surface area (Å²) in [6, 6.07) is 0.167. The van der Waals surface area contributed by atoms with E-state index in [4.69, 9.17) is 4.74 Å². The highest BCUT2D eigenvalue weighted by atomic mass is 16.6. The normalized spacial score (nSPS) is 14.3. The average Bonchev–Trinajstić information content (AvgIpc) is 2.36. The molecule has 0 radical (unpaired) electrons. The lowest BCUT2D eigenvalue weighted by molar-refractivity contribution is 0.0506. The Morgan fingerprint density at radius 2 is 1.91 bits per heavy atom. The lowest BCUT2D eigenvalue weighted by atomic mass is 10.1. The molecule has 22 heavy (non-hydrogen) atoms. The molecule has 124 valence electrons. The fourth-order valence-electron chi connectivity index (χ4n) is 2.04. The summed E-state index contributed by atoms with van der Waals surface area (Å²) in [5.74, 6) is 0. The van der Waals surface area contributed by atoms with E-state index in [1.54, 1.807) is 12.4 Å². The minimum absolute atomic E-state index is 0.0394. The molecule has 0 aliphatic rings. The smallest absolute Gasteiger partial charge is 0.407 e. The Morgan fingerprint density at radius 1 is 1.27 bits per heavy atom. The Hall–Kier alpha value is -1.69. The summed E-state index contributed by atoms with van der Waals surface area (Å²) >= 11 is 0. The van der Waals surface area contributed by atoms with Crippen molar-refractivity contribution in [1.82, 2.24) is 20.6 Å². The molecule has 2 atom stereocenters. The fraction of sp³-hybridized carbons (Fsp3) is 0.688. The monoisotopic (exact) mass is 308 g/mol.